The standard InChI is InChI=1S/C30H31N3O4/c1-31(2)29(35)28(34)23-17-32-14-7-15-33-24-16-19(30(36)37)12-13-21(24)25(18-8-4-3-5-9-18)27(33)22-11-6-10-20(23)26(22)32/h6,10-13,16-18H,3-5,7-9,14-15H2,1-2H3,(H,36,37). The van der Waals surface area contributed by atoms with Gasteiger partial charge in [0, 0.05) is 55.2 Å². The molecule has 1 amide bonds. The molecule has 4 aromatic rings. The van der Waals surface area contributed by atoms with Crippen LogP contribution >= 0.6 is 0 Å². The Balaban J connectivity index is 1.67. The summed E-state index contributed by atoms with van der Waals surface area (Å²) in [4.78, 5) is 39.0. The summed E-state index contributed by atoms with van der Waals surface area (Å²) in [6, 6.07) is 11.5. The van der Waals surface area contributed by atoms with Crippen LogP contribution in [0.4, 0.5) is 0 Å². The van der Waals surface area contributed by atoms with Crippen LogP contribution in [0.2, 0.25) is 0 Å². The molecule has 3 heterocycles. The minimum atomic E-state index is -0.924. The Morgan fingerprint density at radius 3 is 2.46 bits per heavy atom. The number of carbonyl (C=O) groups is 3. The topological polar surface area (TPSA) is 84.5 Å². The molecule has 0 spiro atoms. The van der Waals surface area contributed by atoms with Crippen LogP contribution in [0.15, 0.2) is 42.6 Å². The Morgan fingerprint density at radius 2 is 1.73 bits per heavy atom. The summed E-state index contributed by atoms with van der Waals surface area (Å²) in [6.07, 6.45) is 8.53. The monoisotopic (exact) mass is 497 g/mol. The van der Waals surface area contributed by atoms with Crippen molar-refractivity contribution in [3.63, 3.8) is 0 Å². The number of likely N-dealkylation sites (N-methyl/N-ethyl adjacent to an activating group) is 1. The van der Waals surface area contributed by atoms with Gasteiger partial charge in [0.1, 0.15) is 0 Å². The number of para-hydroxylation sites is 1. The summed E-state index contributed by atoms with van der Waals surface area (Å²) in [5.74, 6) is -1.55. The zero-order chi connectivity index (χ0) is 25.8. The lowest BCUT2D eigenvalue weighted by Gasteiger charge is -2.25. The number of hydrogen-bond acceptors (Lipinski definition) is 3. The number of ketones is 1. The van der Waals surface area contributed by atoms with Crippen molar-refractivity contribution in [1.82, 2.24) is 14.0 Å². The minimum Gasteiger partial charge on any atom is -0.478 e. The molecule has 0 saturated heterocycles. The van der Waals surface area contributed by atoms with Gasteiger partial charge in [-0.05, 0) is 42.9 Å². The van der Waals surface area contributed by atoms with Crippen molar-refractivity contribution in [2.75, 3.05) is 14.1 Å². The third kappa shape index (κ3) is 3.67. The molecular formula is C30H31N3O4. The first kappa shape index (κ1) is 23.5. The van der Waals surface area contributed by atoms with E-state index < -0.39 is 17.7 Å². The van der Waals surface area contributed by atoms with Gasteiger partial charge in [0.2, 0.25) is 0 Å². The first-order valence-electron chi connectivity index (χ1n) is 13.1. The van der Waals surface area contributed by atoms with Crippen LogP contribution in [0.25, 0.3) is 33.1 Å². The summed E-state index contributed by atoms with van der Waals surface area (Å²) < 4.78 is 4.44. The lowest BCUT2D eigenvalue weighted by Crippen LogP contribution is -2.29. The van der Waals surface area contributed by atoms with Crippen molar-refractivity contribution >= 4 is 39.5 Å². The van der Waals surface area contributed by atoms with E-state index in [4.69, 9.17) is 0 Å². The third-order valence-corrected chi connectivity index (χ3v) is 8.14. The number of fused-ring (bicyclic) bond motifs is 4. The van der Waals surface area contributed by atoms with Gasteiger partial charge in [-0.15, -0.1) is 0 Å². The molecule has 1 N–H and O–H groups in total. The molecule has 2 aromatic heterocycles. The average Bonchev–Trinajstić information content (AvgIpc) is 3.42. The van der Waals surface area contributed by atoms with E-state index in [-0.39, 0.29) is 0 Å². The van der Waals surface area contributed by atoms with E-state index in [1.807, 2.05) is 30.5 Å². The minimum absolute atomic E-state index is 0.293. The Labute approximate surface area is 215 Å². The predicted molar refractivity (Wildman–Crippen MR) is 143 cm³/mol. The first-order chi connectivity index (χ1) is 17.9. The van der Waals surface area contributed by atoms with Gasteiger partial charge in [0.15, 0.2) is 0 Å². The fourth-order valence-corrected chi connectivity index (χ4v) is 6.46. The zero-order valence-electron chi connectivity index (χ0n) is 21.3. The molecule has 1 fully saturated rings. The molecule has 0 bridgehead atoms. The van der Waals surface area contributed by atoms with Gasteiger partial charge < -0.3 is 19.1 Å². The fourth-order valence-electron chi connectivity index (χ4n) is 6.46. The molecule has 37 heavy (non-hydrogen) atoms. The molecule has 7 nitrogen and oxygen atoms in total. The maximum atomic E-state index is 13.2. The van der Waals surface area contributed by atoms with Gasteiger partial charge in [0.25, 0.3) is 11.7 Å². The number of carbonyl (C=O) groups excluding carboxylic acids is 2. The number of aromatic carboxylic acids is 1. The van der Waals surface area contributed by atoms with Crippen molar-refractivity contribution in [2.24, 2.45) is 0 Å². The van der Waals surface area contributed by atoms with E-state index in [1.54, 1.807) is 20.2 Å². The van der Waals surface area contributed by atoms with Crippen molar-refractivity contribution in [3.05, 3.63) is 59.3 Å². The number of carboxylic acid groups (broad SMARTS) is 1. The lowest BCUT2D eigenvalue weighted by molar-refractivity contribution is -0.124. The average molecular weight is 498 g/mol. The molecular weight excluding hydrogens is 466 g/mol. The molecule has 1 saturated carbocycles. The zero-order valence-corrected chi connectivity index (χ0v) is 21.3. The van der Waals surface area contributed by atoms with Gasteiger partial charge in [-0.3, -0.25) is 9.59 Å². The highest BCUT2D eigenvalue weighted by molar-refractivity contribution is 6.45. The van der Waals surface area contributed by atoms with E-state index in [2.05, 4.69) is 15.2 Å². The van der Waals surface area contributed by atoms with E-state index in [0.29, 0.717) is 23.6 Å². The quantitative estimate of drug-likeness (QED) is 0.290. The van der Waals surface area contributed by atoms with Gasteiger partial charge >= 0.3 is 5.97 Å². The maximum absolute atomic E-state index is 13.2. The lowest BCUT2D eigenvalue weighted by atomic mass is 9.81. The van der Waals surface area contributed by atoms with Crippen LogP contribution in [0, 0.1) is 0 Å². The smallest absolute Gasteiger partial charge is 0.335 e. The SMILES string of the molecule is CN(C)C(=O)C(=O)c1cn2c3c(cccc13)-c1c(C3CCCCC3)c3ccc(C(=O)O)cc3n1CCC2. The van der Waals surface area contributed by atoms with E-state index >= 15 is 0 Å². The second-order valence-corrected chi connectivity index (χ2v) is 10.6. The Bertz CT molecular complexity index is 1580. The number of amides is 1. The molecule has 0 radical (unpaired) electrons. The largest absolute Gasteiger partial charge is 0.478 e. The number of benzene rings is 2. The van der Waals surface area contributed by atoms with E-state index in [1.165, 1.54) is 29.7 Å². The fraction of sp³-hybridized carbons (Fsp3) is 0.367. The number of nitrogens with zero attached hydrogens (tertiary/aromatic N) is 3. The van der Waals surface area contributed by atoms with Gasteiger partial charge in [-0.1, -0.05) is 43.5 Å². The van der Waals surface area contributed by atoms with Gasteiger partial charge in [0.05, 0.1) is 22.3 Å². The molecule has 2 aliphatic rings. The molecule has 0 atom stereocenters. The number of aromatic nitrogens is 2. The maximum Gasteiger partial charge on any atom is 0.335 e. The number of Topliss-reactive ketones (excluding diaryl/α,β-unsaturated/α-hetero) is 1. The second-order valence-electron chi connectivity index (χ2n) is 10.6. The van der Waals surface area contributed by atoms with Crippen LogP contribution in [-0.2, 0) is 17.9 Å². The molecule has 6 rings (SSSR count). The Hall–Kier alpha value is -3.87. The van der Waals surface area contributed by atoms with Crippen molar-refractivity contribution < 1.29 is 19.5 Å². The highest BCUT2D eigenvalue weighted by Gasteiger charge is 2.31. The third-order valence-electron chi connectivity index (χ3n) is 8.14. The summed E-state index contributed by atoms with van der Waals surface area (Å²) in [6.45, 7) is 1.45. The first-order valence-corrected chi connectivity index (χ1v) is 13.1. The summed E-state index contributed by atoms with van der Waals surface area (Å²) in [5.41, 5.74) is 6.14. The van der Waals surface area contributed by atoms with E-state index in [0.717, 1.165) is 58.9 Å². The highest BCUT2D eigenvalue weighted by Crippen LogP contribution is 2.47. The predicted octanol–water partition coefficient (Wildman–Crippen LogP) is 5.68. The number of carboxylic acids is 1. The summed E-state index contributed by atoms with van der Waals surface area (Å²) in [5, 5.41) is 11.6. The van der Waals surface area contributed by atoms with Gasteiger partial charge in [-0.25, -0.2) is 4.79 Å². The molecule has 1 aliphatic heterocycles. The molecule has 0 unspecified atom stereocenters. The van der Waals surface area contributed by atoms with Gasteiger partial charge in [-0.2, -0.15) is 0 Å². The van der Waals surface area contributed by atoms with Crippen LogP contribution in [0.5, 0.6) is 0 Å². The van der Waals surface area contributed by atoms with E-state index in [9.17, 15) is 19.5 Å². The van der Waals surface area contributed by atoms with Crippen LogP contribution in [0.3, 0.4) is 0 Å². The molecule has 2 aromatic carbocycles. The molecule has 1 aliphatic carbocycles. The Kier molecular flexibility index (Phi) is 5.66. The Morgan fingerprint density at radius 1 is 0.946 bits per heavy atom. The van der Waals surface area contributed by atoms with Crippen LogP contribution in [0.1, 0.15) is 70.7 Å². The number of hydrogen-bond donors (Lipinski definition) is 1. The number of aryl methyl sites for hydroxylation is 2. The van der Waals surface area contributed by atoms with Crippen LogP contribution in [-0.4, -0.2) is 50.9 Å². The highest BCUT2D eigenvalue weighted by atomic mass is 16.4. The molecule has 190 valence electrons. The molecule has 7 heteroatoms. The summed E-state index contributed by atoms with van der Waals surface area (Å²) in [7, 11) is 3.19. The normalized spacial score (nSPS) is 15.8. The number of rotatable bonds is 4. The van der Waals surface area contributed by atoms with Crippen molar-refractivity contribution in [2.45, 2.75) is 57.5 Å². The second kappa shape index (κ2) is 8.91. The van der Waals surface area contributed by atoms with Crippen LogP contribution < -0.4 is 0 Å². The van der Waals surface area contributed by atoms with Crippen molar-refractivity contribution in [1.29, 1.82) is 0 Å². The summed E-state index contributed by atoms with van der Waals surface area (Å²) >= 11 is 0. The van der Waals surface area contributed by atoms with Crippen molar-refractivity contribution in [3.8, 4) is 11.3 Å².